The van der Waals surface area contributed by atoms with Crippen LogP contribution in [-0.4, -0.2) is 18.1 Å². The quantitative estimate of drug-likeness (QED) is 0.497. The van der Waals surface area contributed by atoms with Gasteiger partial charge >= 0.3 is 0 Å². The predicted molar refractivity (Wildman–Crippen MR) is 74.3 cm³/mol. The fourth-order valence-corrected chi connectivity index (χ4v) is 3.13. The van der Waals surface area contributed by atoms with Crippen LogP contribution in [0.4, 0.5) is 0 Å². The Kier molecular flexibility index (Phi) is 3.92. The van der Waals surface area contributed by atoms with Gasteiger partial charge in [-0.25, -0.2) is 5.84 Å². The van der Waals surface area contributed by atoms with Crippen LogP contribution in [0, 0.1) is 0 Å². The number of rotatable bonds is 3. The Hall–Kier alpha value is -1.39. The molecule has 2 rings (SSSR count). The molecule has 1 atom stereocenters. The standard InChI is InChI=1S/C15H22N2O2/c1-14(2)11-15(8-9-19-14,10-13(18)17-16)12-6-4-3-5-7-12/h3-7H,8-11,16H2,1-2H3,(H,17,18)/t15-/m0/s1. The van der Waals surface area contributed by atoms with Gasteiger partial charge in [0.15, 0.2) is 0 Å². The molecule has 19 heavy (non-hydrogen) atoms. The molecule has 0 aromatic heterocycles. The van der Waals surface area contributed by atoms with Crippen LogP contribution in [0.2, 0.25) is 0 Å². The summed E-state index contributed by atoms with van der Waals surface area (Å²) in [4.78, 5) is 11.8. The van der Waals surface area contributed by atoms with Gasteiger partial charge in [0.25, 0.3) is 0 Å². The lowest BCUT2D eigenvalue weighted by Gasteiger charge is -2.45. The van der Waals surface area contributed by atoms with Crippen molar-refractivity contribution in [3.05, 3.63) is 35.9 Å². The van der Waals surface area contributed by atoms with Crippen molar-refractivity contribution < 1.29 is 9.53 Å². The topological polar surface area (TPSA) is 64.4 Å². The summed E-state index contributed by atoms with van der Waals surface area (Å²) in [6, 6.07) is 10.2. The van der Waals surface area contributed by atoms with Crippen LogP contribution in [0.5, 0.6) is 0 Å². The molecule has 4 heteroatoms. The van der Waals surface area contributed by atoms with Gasteiger partial charge in [-0.3, -0.25) is 10.2 Å². The lowest BCUT2D eigenvalue weighted by Crippen LogP contribution is -2.47. The van der Waals surface area contributed by atoms with Crippen LogP contribution in [0.3, 0.4) is 0 Å². The minimum absolute atomic E-state index is 0.124. The van der Waals surface area contributed by atoms with Gasteiger partial charge in [0, 0.05) is 18.4 Å². The van der Waals surface area contributed by atoms with Crippen LogP contribution in [0.15, 0.2) is 30.3 Å². The molecule has 104 valence electrons. The van der Waals surface area contributed by atoms with Crippen LogP contribution in [0.1, 0.15) is 38.7 Å². The monoisotopic (exact) mass is 262 g/mol. The molecule has 4 nitrogen and oxygen atoms in total. The lowest BCUT2D eigenvalue weighted by molar-refractivity contribution is -0.126. The molecule has 0 spiro atoms. The Morgan fingerprint density at radius 2 is 2.05 bits per heavy atom. The number of amides is 1. The van der Waals surface area contributed by atoms with Gasteiger partial charge in [0.1, 0.15) is 0 Å². The van der Waals surface area contributed by atoms with Crippen LogP contribution < -0.4 is 11.3 Å². The maximum atomic E-state index is 11.8. The number of ether oxygens (including phenoxy) is 1. The van der Waals surface area contributed by atoms with Gasteiger partial charge in [-0.1, -0.05) is 30.3 Å². The number of nitrogens with two attached hydrogens (primary N) is 1. The third-order valence-corrected chi connectivity index (χ3v) is 3.88. The number of carbonyl (C=O) groups is 1. The summed E-state index contributed by atoms with van der Waals surface area (Å²) in [5, 5.41) is 0. The highest BCUT2D eigenvalue weighted by atomic mass is 16.5. The van der Waals surface area contributed by atoms with Crippen molar-refractivity contribution in [1.82, 2.24) is 5.43 Å². The lowest BCUT2D eigenvalue weighted by atomic mass is 9.67. The van der Waals surface area contributed by atoms with E-state index in [1.807, 2.05) is 18.2 Å². The van der Waals surface area contributed by atoms with Crippen LogP contribution in [-0.2, 0) is 14.9 Å². The minimum atomic E-state index is -0.219. The molecule has 0 bridgehead atoms. The summed E-state index contributed by atoms with van der Waals surface area (Å²) in [5.74, 6) is 5.14. The molecular formula is C15H22N2O2. The summed E-state index contributed by atoms with van der Waals surface area (Å²) in [5.41, 5.74) is 3.04. The molecule has 3 N–H and O–H groups in total. The maximum Gasteiger partial charge on any atom is 0.234 e. The van der Waals surface area contributed by atoms with E-state index in [2.05, 4.69) is 31.4 Å². The average molecular weight is 262 g/mol. The van der Waals surface area contributed by atoms with Crippen molar-refractivity contribution >= 4 is 5.91 Å². The van der Waals surface area contributed by atoms with Gasteiger partial charge < -0.3 is 4.74 Å². The Balaban J connectivity index is 2.35. The molecule has 0 radical (unpaired) electrons. The zero-order chi connectivity index (χ0) is 13.9. The molecule has 0 aliphatic carbocycles. The van der Waals surface area contributed by atoms with Gasteiger partial charge in [0.2, 0.25) is 5.91 Å². The van der Waals surface area contributed by atoms with E-state index in [1.165, 1.54) is 5.56 Å². The fourth-order valence-electron chi connectivity index (χ4n) is 3.13. The molecule has 1 fully saturated rings. The highest BCUT2D eigenvalue weighted by Gasteiger charge is 2.43. The molecule has 0 unspecified atom stereocenters. The molecule has 1 aromatic rings. The molecule has 1 aliphatic rings. The van der Waals surface area contributed by atoms with Crippen molar-refractivity contribution in [3.63, 3.8) is 0 Å². The normalized spacial score (nSPS) is 25.8. The predicted octanol–water partition coefficient (Wildman–Crippen LogP) is 1.89. The Labute approximate surface area is 114 Å². The zero-order valence-electron chi connectivity index (χ0n) is 11.6. The Morgan fingerprint density at radius 1 is 1.37 bits per heavy atom. The van der Waals surface area contributed by atoms with E-state index in [4.69, 9.17) is 10.6 Å². The van der Waals surface area contributed by atoms with E-state index in [0.29, 0.717) is 13.0 Å². The molecule has 1 aliphatic heterocycles. The van der Waals surface area contributed by atoms with E-state index >= 15 is 0 Å². The minimum Gasteiger partial charge on any atom is -0.376 e. The number of hydrogen-bond donors (Lipinski definition) is 2. The van der Waals surface area contributed by atoms with Crippen LogP contribution >= 0.6 is 0 Å². The number of nitrogens with one attached hydrogen (secondary N) is 1. The fraction of sp³-hybridized carbons (Fsp3) is 0.533. The molecule has 1 amide bonds. The van der Waals surface area contributed by atoms with Gasteiger partial charge in [-0.15, -0.1) is 0 Å². The summed E-state index contributed by atoms with van der Waals surface area (Å²) in [6.45, 7) is 4.81. The number of hydrogen-bond acceptors (Lipinski definition) is 3. The smallest absolute Gasteiger partial charge is 0.234 e. The first-order chi connectivity index (χ1) is 8.97. The van der Waals surface area contributed by atoms with Crippen molar-refractivity contribution in [1.29, 1.82) is 0 Å². The SMILES string of the molecule is CC1(C)C[C@](CC(=O)NN)(c2ccccc2)CCO1. The van der Waals surface area contributed by atoms with Crippen molar-refractivity contribution in [2.75, 3.05) is 6.61 Å². The van der Waals surface area contributed by atoms with Gasteiger partial charge in [-0.2, -0.15) is 0 Å². The van der Waals surface area contributed by atoms with E-state index < -0.39 is 0 Å². The van der Waals surface area contributed by atoms with Gasteiger partial charge in [-0.05, 0) is 32.3 Å². The molecular weight excluding hydrogens is 240 g/mol. The largest absolute Gasteiger partial charge is 0.376 e. The average Bonchev–Trinajstić information content (AvgIpc) is 2.38. The number of carbonyl (C=O) groups excluding carboxylic acids is 1. The number of benzene rings is 1. The zero-order valence-corrected chi connectivity index (χ0v) is 11.6. The Bertz CT molecular complexity index is 445. The molecule has 1 aromatic carbocycles. The third-order valence-electron chi connectivity index (χ3n) is 3.88. The molecule has 0 saturated carbocycles. The number of hydrazine groups is 1. The van der Waals surface area contributed by atoms with E-state index in [0.717, 1.165) is 12.8 Å². The van der Waals surface area contributed by atoms with Crippen molar-refractivity contribution in [2.45, 2.75) is 44.1 Å². The first-order valence-corrected chi connectivity index (χ1v) is 6.66. The highest BCUT2D eigenvalue weighted by molar-refractivity contribution is 5.77. The second-order valence-corrected chi connectivity index (χ2v) is 5.93. The second kappa shape index (κ2) is 5.31. The highest BCUT2D eigenvalue weighted by Crippen LogP contribution is 2.43. The third kappa shape index (κ3) is 3.14. The first-order valence-electron chi connectivity index (χ1n) is 6.66. The van der Waals surface area contributed by atoms with Crippen molar-refractivity contribution in [2.24, 2.45) is 5.84 Å². The van der Waals surface area contributed by atoms with E-state index in [1.54, 1.807) is 0 Å². The second-order valence-electron chi connectivity index (χ2n) is 5.93. The molecule has 1 saturated heterocycles. The Morgan fingerprint density at radius 3 is 2.63 bits per heavy atom. The summed E-state index contributed by atoms with van der Waals surface area (Å²) in [7, 11) is 0. The van der Waals surface area contributed by atoms with E-state index in [9.17, 15) is 4.79 Å². The summed E-state index contributed by atoms with van der Waals surface area (Å²) < 4.78 is 5.79. The van der Waals surface area contributed by atoms with Crippen molar-refractivity contribution in [3.8, 4) is 0 Å². The maximum absolute atomic E-state index is 11.8. The summed E-state index contributed by atoms with van der Waals surface area (Å²) >= 11 is 0. The van der Waals surface area contributed by atoms with Gasteiger partial charge in [0.05, 0.1) is 5.60 Å². The van der Waals surface area contributed by atoms with E-state index in [-0.39, 0.29) is 16.9 Å². The summed E-state index contributed by atoms with van der Waals surface area (Å²) in [6.07, 6.45) is 2.06. The molecule has 1 heterocycles. The van der Waals surface area contributed by atoms with Crippen LogP contribution in [0.25, 0.3) is 0 Å². The first kappa shape index (κ1) is 14.0.